The minimum absolute atomic E-state index is 0.115. The van der Waals surface area contributed by atoms with Gasteiger partial charge in [-0.15, -0.1) is 0 Å². The monoisotopic (exact) mass is 546 g/mol. The fourth-order valence-electron chi connectivity index (χ4n) is 4.84. The number of amides is 2. The zero-order valence-corrected chi connectivity index (χ0v) is 22.7. The Balaban J connectivity index is 1.86. The van der Waals surface area contributed by atoms with Gasteiger partial charge in [-0.05, 0) is 25.8 Å². The Kier molecular flexibility index (Phi) is 11.0. The third-order valence-corrected chi connectivity index (χ3v) is 6.96. The number of aliphatic hydroxyl groups is 2. The van der Waals surface area contributed by atoms with Crippen LogP contribution in [-0.2, 0) is 20.7 Å². The molecule has 1 saturated heterocycles. The van der Waals surface area contributed by atoms with Crippen molar-refractivity contribution in [2.45, 2.75) is 70.9 Å². The molecule has 0 spiro atoms. The van der Waals surface area contributed by atoms with E-state index in [2.05, 4.69) is 15.3 Å². The lowest BCUT2D eigenvalue weighted by Crippen LogP contribution is -2.44. The Labute approximate surface area is 228 Å². The summed E-state index contributed by atoms with van der Waals surface area (Å²) in [6.07, 6.45) is 6.88. The van der Waals surface area contributed by atoms with Gasteiger partial charge in [-0.2, -0.15) is 0 Å². The highest BCUT2D eigenvalue weighted by Gasteiger charge is 2.38. The van der Waals surface area contributed by atoms with Crippen molar-refractivity contribution in [2.75, 3.05) is 19.7 Å². The molecule has 6 atom stereocenters. The van der Waals surface area contributed by atoms with Gasteiger partial charge < -0.3 is 30.2 Å². The number of ether oxygens (including phenoxy) is 1. The summed E-state index contributed by atoms with van der Waals surface area (Å²) in [5, 5.41) is 22.7. The van der Waals surface area contributed by atoms with Gasteiger partial charge in [0.05, 0.1) is 12.3 Å². The molecule has 2 amide bonds. The summed E-state index contributed by atoms with van der Waals surface area (Å²) in [4.78, 5) is 47.1. The van der Waals surface area contributed by atoms with Crippen LogP contribution in [0.2, 0.25) is 0 Å². The maximum absolute atomic E-state index is 14.7. The van der Waals surface area contributed by atoms with Crippen LogP contribution in [0.3, 0.4) is 0 Å². The molecular formula is C28H39FN4O6. The predicted octanol–water partition coefficient (Wildman–Crippen LogP) is 2.01. The summed E-state index contributed by atoms with van der Waals surface area (Å²) in [6.45, 7) is 5.65. The van der Waals surface area contributed by atoms with Gasteiger partial charge in [0.1, 0.15) is 29.8 Å². The van der Waals surface area contributed by atoms with E-state index in [1.807, 2.05) is 0 Å². The quantitative estimate of drug-likeness (QED) is 0.415. The molecule has 3 rings (SSSR count). The van der Waals surface area contributed by atoms with Crippen molar-refractivity contribution in [1.82, 2.24) is 20.2 Å². The van der Waals surface area contributed by atoms with E-state index in [0.29, 0.717) is 25.0 Å². The van der Waals surface area contributed by atoms with Crippen molar-refractivity contribution in [3.05, 3.63) is 53.7 Å². The maximum Gasteiger partial charge on any atom is 0.329 e. The van der Waals surface area contributed by atoms with Crippen LogP contribution in [0, 0.1) is 11.8 Å². The molecule has 11 heteroatoms. The van der Waals surface area contributed by atoms with Crippen LogP contribution in [0.25, 0.3) is 0 Å². The largest absolute Gasteiger partial charge is 0.460 e. The zero-order valence-electron chi connectivity index (χ0n) is 22.7. The number of esters is 1. The van der Waals surface area contributed by atoms with Gasteiger partial charge in [0.2, 0.25) is 5.91 Å². The number of carbonyl (C=O) groups is 3. The second kappa shape index (κ2) is 14.2. The van der Waals surface area contributed by atoms with Crippen LogP contribution < -0.4 is 5.32 Å². The lowest BCUT2D eigenvalue weighted by Gasteiger charge is -2.30. The van der Waals surface area contributed by atoms with Crippen molar-refractivity contribution in [1.29, 1.82) is 0 Å². The molecule has 0 aliphatic carbocycles. The molecule has 0 radical (unpaired) electrons. The number of aliphatic hydroxyl groups excluding tert-OH is 2. The number of fused-ring (bicyclic) bond motifs is 3. The van der Waals surface area contributed by atoms with Gasteiger partial charge >= 0.3 is 5.97 Å². The van der Waals surface area contributed by atoms with Gasteiger partial charge in [0, 0.05) is 44.4 Å². The molecule has 3 heterocycles. The first-order valence-electron chi connectivity index (χ1n) is 13.4. The number of allylic oxidation sites excluding steroid dienone is 2. The molecule has 2 aliphatic heterocycles. The second-order valence-electron chi connectivity index (χ2n) is 10.3. The number of carbonyl (C=O) groups excluding carboxylic acids is 3. The number of rotatable bonds is 2. The Morgan fingerprint density at radius 3 is 2.79 bits per heavy atom. The van der Waals surface area contributed by atoms with Crippen LogP contribution in [0.15, 0.2) is 42.2 Å². The van der Waals surface area contributed by atoms with Crippen molar-refractivity contribution in [2.24, 2.45) is 11.8 Å². The van der Waals surface area contributed by atoms with E-state index >= 15 is 0 Å². The topological polar surface area (TPSA) is 145 Å². The number of hydrogen-bond acceptors (Lipinski definition) is 7. The number of nitrogens with one attached hydrogen (secondary N) is 2. The lowest BCUT2D eigenvalue weighted by atomic mass is 9.93. The Hall–Kier alpha value is -3.31. The Morgan fingerprint density at radius 2 is 2.05 bits per heavy atom. The molecule has 1 fully saturated rings. The van der Waals surface area contributed by atoms with E-state index in [-0.39, 0.29) is 49.3 Å². The first-order chi connectivity index (χ1) is 18.6. The molecular weight excluding hydrogens is 507 g/mol. The second-order valence-corrected chi connectivity index (χ2v) is 10.3. The minimum atomic E-state index is -1.41. The van der Waals surface area contributed by atoms with E-state index in [4.69, 9.17) is 4.74 Å². The average Bonchev–Trinajstić information content (AvgIpc) is 3.57. The number of hydrogen-bond donors (Lipinski definition) is 4. The molecule has 2 bridgehead atoms. The molecule has 0 aromatic carbocycles. The molecule has 2 aliphatic rings. The van der Waals surface area contributed by atoms with E-state index < -0.39 is 42.2 Å². The molecule has 0 unspecified atom stereocenters. The number of imidazole rings is 1. The highest BCUT2D eigenvalue weighted by Crippen LogP contribution is 2.25. The summed E-state index contributed by atoms with van der Waals surface area (Å²) in [5.41, 5.74) is 0.847. The standard InChI is InChI=1S/C28H39FN4O6/c1-17-6-4-10-30-25(36)9-8-18(2)26(19(3)16-34)39-28(38)23-7-5-11-33(23)27(37)22-15-31-24(32-22)14-20(29)13-21(35)12-17/h4,6,8-9,12,15,18-21,23,26,34-35H,5,7,10-11,13-14,16H2,1-3H3,(H,30,36)(H,31,32)/b6-4?,9-8+,17-12?/t18-,19-,20-,21-,23-,26+/m1/s1. The normalized spacial score (nSPS) is 29.7. The van der Waals surface area contributed by atoms with Crippen LogP contribution in [-0.4, -0.2) is 87.0 Å². The average molecular weight is 547 g/mol. The maximum atomic E-state index is 14.7. The summed E-state index contributed by atoms with van der Waals surface area (Å²) in [6, 6.07) is -0.815. The molecule has 0 saturated carbocycles. The predicted molar refractivity (Wildman–Crippen MR) is 142 cm³/mol. The minimum Gasteiger partial charge on any atom is -0.460 e. The first kappa shape index (κ1) is 30.2. The van der Waals surface area contributed by atoms with Gasteiger partial charge in [0.25, 0.3) is 5.91 Å². The summed E-state index contributed by atoms with van der Waals surface area (Å²) < 4.78 is 20.5. The SMILES string of the molecule is CC1=C[C@@H](O)C[C@@H](F)Cc2ncc([nH]2)C(=O)N2CCC[C@@H]2C(=O)O[C@H]([C@H](C)CO)[C@H](C)/C=C/C(=O)NCC=C1. The van der Waals surface area contributed by atoms with Crippen LogP contribution in [0.5, 0.6) is 0 Å². The number of halogens is 1. The summed E-state index contributed by atoms with van der Waals surface area (Å²) >= 11 is 0. The fraction of sp³-hybridized carbons (Fsp3) is 0.571. The van der Waals surface area contributed by atoms with Crippen LogP contribution >= 0.6 is 0 Å². The third kappa shape index (κ3) is 8.59. The lowest BCUT2D eigenvalue weighted by molar-refractivity contribution is -0.159. The number of aromatic nitrogens is 2. The van der Waals surface area contributed by atoms with E-state index in [1.54, 1.807) is 39.0 Å². The van der Waals surface area contributed by atoms with E-state index in [9.17, 15) is 29.0 Å². The molecule has 4 N–H and O–H groups in total. The zero-order chi connectivity index (χ0) is 28.5. The van der Waals surface area contributed by atoms with Gasteiger partial charge in [-0.1, -0.05) is 43.7 Å². The van der Waals surface area contributed by atoms with E-state index in [0.717, 1.165) is 0 Å². The number of aromatic amines is 1. The highest BCUT2D eigenvalue weighted by atomic mass is 19.1. The van der Waals surface area contributed by atoms with Crippen molar-refractivity contribution < 1.29 is 33.7 Å². The Morgan fingerprint density at radius 1 is 1.28 bits per heavy atom. The van der Waals surface area contributed by atoms with Gasteiger partial charge in [0.15, 0.2) is 0 Å². The molecule has 1 aromatic heterocycles. The number of alkyl halides is 1. The molecule has 39 heavy (non-hydrogen) atoms. The van der Waals surface area contributed by atoms with Crippen molar-refractivity contribution in [3.63, 3.8) is 0 Å². The number of cyclic esters (lactones) is 1. The third-order valence-electron chi connectivity index (χ3n) is 6.96. The fourth-order valence-corrected chi connectivity index (χ4v) is 4.84. The number of H-pyrrole nitrogens is 1. The summed E-state index contributed by atoms with van der Waals surface area (Å²) in [5.74, 6) is -1.90. The molecule has 1 aromatic rings. The van der Waals surface area contributed by atoms with Crippen molar-refractivity contribution >= 4 is 17.8 Å². The molecule has 214 valence electrons. The smallest absolute Gasteiger partial charge is 0.329 e. The van der Waals surface area contributed by atoms with Gasteiger partial charge in [-0.25, -0.2) is 14.2 Å². The molecule has 10 nitrogen and oxygen atoms in total. The summed E-state index contributed by atoms with van der Waals surface area (Å²) in [7, 11) is 0. The van der Waals surface area contributed by atoms with Gasteiger partial charge in [-0.3, -0.25) is 9.59 Å². The van der Waals surface area contributed by atoms with Crippen LogP contribution in [0.4, 0.5) is 4.39 Å². The highest BCUT2D eigenvalue weighted by molar-refractivity contribution is 5.95. The van der Waals surface area contributed by atoms with Crippen LogP contribution in [0.1, 0.15) is 56.3 Å². The first-order valence-corrected chi connectivity index (χ1v) is 13.4. The van der Waals surface area contributed by atoms with Crippen molar-refractivity contribution in [3.8, 4) is 0 Å². The number of nitrogens with zero attached hydrogens (tertiary/aromatic N) is 2. The Bertz CT molecular complexity index is 1100. The van der Waals surface area contributed by atoms with E-state index in [1.165, 1.54) is 23.2 Å².